The van der Waals surface area contributed by atoms with Crippen LogP contribution < -0.4 is 4.74 Å². The van der Waals surface area contributed by atoms with Crippen LogP contribution in [0.5, 0.6) is 5.75 Å². The number of hydrogen-bond donors (Lipinski definition) is 0. The Morgan fingerprint density at radius 1 is 1.35 bits per heavy atom. The molecule has 0 bridgehead atoms. The molecule has 2 rings (SSSR count). The second kappa shape index (κ2) is 5.67. The summed E-state index contributed by atoms with van der Waals surface area (Å²) >= 11 is 0. The third-order valence-electron chi connectivity index (χ3n) is 2.87. The number of ether oxygens (including phenoxy) is 1. The van der Waals surface area contributed by atoms with Gasteiger partial charge in [0.25, 0.3) is 0 Å². The maximum absolute atomic E-state index is 11.0. The van der Waals surface area contributed by atoms with Crippen LogP contribution in [0.3, 0.4) is 0 Å². The molecule has 17 heavy (non-hydrogen) atoms. The number of carbonyl (C=O) groups is 1. The number of hydrogen-bond acceptors (Lipinski definition) is 2. The van der Waals surface area contributed by atoms with Gasteiger partial charge in [0.05, 0.1) is 0 Å². The zero-order valence-corrected chi connectivity index (χ0v) is 10.2. The van der Waals surface area contributed by atoms with Gasteiger partial charge in [-0.15, -0.1) is 0 Å². The summed E-state index contributed by atoms with van der Waals surface area (Å²) < 4.78 is 5.84. The van der Waals surface area contributed by atoms with E-state index in [2.05, 4.69) is 12.2 Å². The van der Waals surface area contributed by atoms with Crippen LogP contribution in [0.4, 0.5) is 0 Å². The molecule has 90 valence electrons. The number of allylic oxidation sites excluding steroid dienone is 1. The third kappa shape index (κ3) is 3.74. The molecule has 0 radical (unpaired) electrons. The molecule has 0 heterocycles. The lowest BCUT2D eigenvalue weighted by Crippen LogP contribution is -2.15. The van der Waals surface area contributed by atoms with Gasteiger partial charge in [0.15, 0.2) is 0 Å². The Hall–Kier alpha value is -1.57. The maximum atomic E-state index is 11.0. The molecule has 1 aromatic carbocycles. The van der Waals surface area contributed by atoms with E-state index in [1.807, 2.05) is 24.3 Å². The van der Waals surface area contributed by atoms with Crippen LogP contribution in [0.2, 0.25) is 0 Å². The molecule has 1 unspecified atom stereocenters. The first-order valence-corrected chi connectivity index (χ1v) is 6.16. The molecule has 1 aromatic rings. The predicted molar refractivity (Wildman–Crippen MR) is 68.2 cm³/mol. The van der Waals surface area contributed by atoms with Crippen molar-refractivity contribution in [2.75, 3.05) is 0 Å². The third-order valence-corrected chi connectivity index (χ3v) is 2.87. The normalized spacial score (nSPS) is 19.0. The average molecular weight is 230 g/mol. The summed E-state index contributed by atoms with van der Waals surface area (Å²) in [4.78, 5) is 11.0. The van der Waals surface area contributed by atoms with Crippen molar-refractivity contribution in [3.8, 4) is 5.75 Å². The fourth-order valence-corrected chi connectivity index (χ4v) is 2.03. The summed E-state index contributed by atoms with van der Waals surface area (Å²) in [5.74, 6) is 1.07. The van der Waals surface area contributed by atoms with Crippen LogP contribution >= 0.6 is 0 Å². The summed E-state index contributed by atoms with van der Waals surface area (Å²) in [6, 6.07) is 7.81. The van der Waals surface area contributed by atoms with E-state index in [4.69, 9.17) is 4.74 Å². The molecule has 1 aliphatic rings. The van der Waals surface area contributed by atoms with E-state index in [-0.39, 0.29) is 11.9 Å². The molecule has 1 atom stereocenters. The number of rotatable bonds is 4. The molecule has 0 saturated heterocycles. The van der Waals surface area contributed by atoms with Gasteiger partial charge >= 0.3 is 0 Å². The monoisotopic (exact) mass is 230 g/mol. The SMILES string of the molecule is CC(=O)Cc1ccc(OC2C=CCCC2)cc1. The zero-order chi connectivity index (χ0) is 12.1. The Bertz CT molecular complexity index is 403. The Balaban J connectivity index is 1.95. The maximum Gasteiger partial charge on any atom is 0.134 e. The fraction of sp³-hybridized carbons (Fsp3) is 0.400. The van der Waals surface area contributed by atoms with Crippen LogP contribution in [0.1, 0.15) is 31.7 Å². The topological polar surface area (TPSA) is 26.3 Å². The van der Waals surface area contributed by atoms with Crippen LogP contribution in [0.15, 0.2) is 36.4 Å². The number of Topliss-reactive ketones (excluding diaryl/α,β-unsaturated/α-hetero) is 1. The molecule has 0 spiro atoms. The van der Waals surface area contributed by atoms with Gasteiger partial charge in [-0.1, -0.05) is 18.2 Å². The molecule has 0 N–H and O–H groups in total. The first-order valence-electron chi connectivity index (χ1n) is 6.16. The lowest BCUT2D eigenvalue weighted by atomic mass is 10.1. The van der Waals surface area contributed by atoms with E-state index in [1.54, 1.807) is 6.92 Å². The first kappa shape index (κ1) is 11.9. The number of ketones is 1. The van der Waals surface area contributed by atoms with E-state index in [0.29, 0.717) is 6.42 Å². The largest absolute Gasteiger partial charge is 0.486 e. The van der Waals surface area contributed by atoms with Crippen molar-refractivity contribution in [3.63, 3.8) is 0 Å². The average Bonchev–Trinajstić information content (AvgIpc) is 2.32. The van der Waals surface area contributed by atoms with Gasteiger partial charge < -0.3 is 4.74 Å². The first-order chi connectivity index (χ1) is 8.24. The summed E-state index contributed by atoms with van der Waals surface area (Å²) in [5.41, 5.74) is 1.05. The molecule has 0 fully saturated rings. The van der Waals surface area contributed by atoms with Crippen molar-refractivity contribution in [2.45, 2.75) is 38.7 Å². The summed E-state index contributed by atoms with van der Waals surface area (Å²) in [6.07, 6.45) is 8.48. The molecule has 2 heteroatoms. The van der Waals surface area contributed by atoms with Gasteiger partial charge in [-0.25, -0.2) is 0 Å². The van der Waals surface area contributed by atoms with Crippen LogP contribution in [-0.4, -0.2) is 11.9 Å². The highest BCUT2D eigenvalue weighted by molar-refractivity contribution is 5.78. The lowest BCUT2D eigenvalue weighted by molar-refractivity contribution is -0.116. The molecule has 0 aliphatic heterocycles. The van der Waals surface area contributed by atoms with E-state index in [0.717, 1.165) is 24.2 Å². The van der Waals surface area contributed by atoms with E-state index in [9.17, 15) is 4.79 Å². The number of carbonyl (C=O) groups excluding carboxylic acids is 1. The molecular weight excluding hydrogens is 212 g/mol. The Kier molecular flexibility index (Phi) is 3.97. The summed E-state index contributed by atoms with van der Waals surface area (Å²) in [5, 5.41) is 0. The fourth-order valence-electron chi connectivity index (χ4n) is 2.03. The highest BCUT2D eigenvalue weighted by Crippen LogP contribution is 2.19. The minimum absolute atomic E-state index is 0.189. The van der Waals surface area contributed by atoms with Gasteiger partial charge in [0.1, 0.15) is 17.6 Å². The van der Waals surface area contributed by atoms with Crippen LogP contribution in [-0.2, 0) is 11.2 Å². The molecule has 0 aromatic heterocycles. The Morgan fingerprint density at radius 3 is 2.71 bits per heavy atom. The molecule has 1 aliphatic carbocycles. The van der Waals surface area contributed by atoms with Gasteiger partial charge in [0, 0.05) is 6.42 Å². The van der Waals surface area contributed by atoms with Crippen molar-refractivity contribution < 1.29 is 9.53 Å². The minimum Gasteiger partial charge on any atom is -0.486 e. The zero-order valence-electron chi connectivity index (χ0n) is 10.2. The van der Waals surface area contributed by atoms with Crippen molar-refractivity contribution >= 4 is 5.78 Å². The molecular formula is C15H18O2. The second-order valence-corrected chi connectivity index (χ2v) is 4.54. The highest BCUT2D eigenvalue weighted by Gasteiger charge is 2.09. The summed E-state index contributed by atoms with van der Waals surface area (Å²) in [6.45, 7) is 1.61. The number of benzene rings is 1. The highest BCUT2D eigenvalue weighted by atomic mass is 16.5. The Morgan fingerprint density at radius 2 is 2.12 bits per heavy atom. The van der Waals surface area contributed by atoms with Crippen LogP contribution in [0.25, 0.3) is 0 Å². The molecule has 0 saturated carbocycles. The van der Waals surface area contributed by atoms with E-state index < -0.39 is 0 Å². The van der Waals surface area contributed by atoms with Gasteiger partial charge in [-0.05, 0) is 50.0 Å². The second-order valence-electron chi connectivity index (χ2n) is 4.54. The minimum atomic E-state index is 0.189. The van der Waals surface area contributed by atoms with Gasteiger partial charge in [-0.2, -0.15) is 0 Å². The predicted octanol–water partition coefficient (Wildman–Crippen LogP) is 3.31. The molecule has 2 nitrogen and oxygen atoms in total. The van der Waals surface area contributed by atoms with Crippen molar-refractivity contribution in [1.29, 1.82) is 0 Å². The smallest absolute Gasteiger partial charge is 0.134 e. The van der Waals surface area contributed by atoms with Crippen LogP contribution in [0, 0.1) is 0 Å². The Labute approximate surface area is 102 Å². The van der Waals surface area contributed by atoms with Crippen molar-refractivity contribution in [3.05, 3.63) is 42.0 Å². The standard InChI is InChI=1S/C15H18O2/c1-12(16)11-13-7-9-15(10-8-13)17-14-5-3-2-4-6-14/h3,5,7-10,14H,2,4,6,11H2,1H3. The quantitative estimate of drug-likeness (QED) is 0.742. The summed E-state index contributed by atoms with van der Waals surface area (Å²) in [7, 11) is 0. The van der Waals surface area contributed by atoms with E-state index >= 15 is 0 Å². The van der Waals surface area contributed by atoms with Gasteiger partial charge in [-0.3, -0.25) is 4.79 Å². The molecule has 0 amide bonds. The lowest BCUT2D eigenvalue weighted by Gasteiger charge is -2.18. The van der Waals surface area contributed by atoms with E-state index in [1.165, 1.54) is 6.42 Å². The van der Waals surface area contributed by atoms with Crippen molar-refractivity contribution in [1.82, 2.24) is 0 Å². The van der Waals surface area contributed by atoms with Gasteiger partial charge in [0.2, 0.25) is 0 Å². The van der Waals surface area contributed by atoms with Crippen molar-refractivity contribution in [2.24, 2.45) is 0 Å².